The van der Waals surface area contributed by atoms with Crippen LogP contribution in [0, 0.1) is 5.41 Å². The topological polar surface area (TPSA) is 71.4 Å². The molecule has 4 nitrogen and oxygen atoms in total. The summed E-state index contributed by atoms with van der Waals surface area (Å²) in [6.45, 7) is -0.760. The Labute approximate surface area is 51.5 Å². The molecule has 4 heteroatoms. The predicted molar refractivity (Wildman–Crippen MR) is 27.7 cm³/mol. The third-order valence-corrected chi connectivity index (χ3v) is 0.932. The van der Waals surface area contributed by atoms with Crippen molar-refractivity contribution in [2.24, 2.45) is 5.41 Å². The van der Waals surface area contributed by atoms with E-state index in [0.29, 0.717) is 0 Å². The molecule has 0 amide bonds. The highest BCUT2D eigenvalue weighted by molar-refractivity contribution is 6.02. The quantitative estimate of drug-likeness (QED) is 0.373. The van der Waals surface area contributed by atoms with Gasteiger partial charge >= 0.3 is 0 Å². The van der Waals surface area contributed by atoms with Crippen molar-refractivity contribution < 1.29 is 19.5 Å². The number of carbonyl (C=O) groups is 3. The first-order chi connectivity index (χ1) is 4.24. The molecule has 0 aliphatic heterocycles. The van der Waals surface area contributed by atoms with Gasteiger partial charge in [0.2, 0.25) is 0 Å². The first-order valence-electron chi connectivity index (χ1n) is 2.24. The summed E-state index contributed by atoms with van der Waals surface area (Å²) in [4.78, 5) is 29.7. The molecule has 9 heavy (non-hydrogen) atoms. The van der Waals surface area contributed by atoms with Crippen LogP contribution in [0.2, 0.25) is 0 Å². The molecule has 0 fully saturated rings. The van der Waals surface area contributed by atoms with Crippen LogP contribution >= 0.6 is 0 Å². The molecule has 0 aliphatic carbocycles. The Morgan fingerprint density at radius 2 is 1.44 bits per heavy atom. The van der Waals surface area contributed by atoms with E-state index in [4.69, 9.17) is 5.11 Å². The molecule has 50 valence electrons. The predicted octanol–water partition coefficient (Wildman–Crippen LogP) is -1.44. The van der Waals surface area contributed by atoms with Crippen LogP contribution in [-0.2, 0) is 14.4 Å². The molecule has 0 aromatic carbocycles. The Kier molecular flexibility index (Phi) is 2.73. The number of aliphatic hydroxyl groups is 1. The lowest BCUT2D eigenvalue weighted by Gasteiger charge is -2.06. The van der Waals surface area contributed by atoms with E-state index in [0.717, 1.165) is 0 Å². The van der Waals surface area contributed by atoms with E-state index in [-0.39, 0.29) is 18.9 Å². The van der Waals surface area contributed by atoms with Gasteiger partial charge < -0.3 is 19.5 Å². The van der Waals surface area contributed by atoms with Crippen LogP contribution in [-0.4, -0.2) is 30.6 Å². The van der Waals surface area contributed by atoms with Crippen LogP contribution in [0.3, 0.4) is 0 Å². The van der Waals surface area contributed by atoms with Crippen molar-refractivity contribution >= 4 is 18.9 Å². The minimum atomic E-state index is -1.82. The van der Waals surface area contributed by atoms with Gasteiger partial charge in [0, 0.05) is 0 Å². The molecule has 0 radical (unpaired) electrons. The lowest BCUT2D eigenvalue weighted by Crippen LogP contribution is -2.30. The number of aldehydes is 3. The average molecular weight is 130 g/mol. The second-order valence-electron chi connectivity index (χ2n) is 1.62. The molecule has 0 spiro atoms. The van der Waals surface area contributed by atoms with Gasteiger partial charge in [0.05, 0.1) is 6.61 Å². The Balaban J connectivity index is 4.34. The second kappa shape index (κ2) is 3.09. The van der Waals surface area contributed by atoms with Crippen molar-refractivity contribution in [3.63, 3.8) is 0 Å². The fourth-order valence-corrected chi connectivity index (χ4v) is 0.195. The average Bonchev–Trinajstić information content (AvgIpc) is 1.95. The van der Waals surface area contributed by atoms with E-state index in [2.05, 4.69) is 0 Å². The molecule has 0 aliphatic rings. The summed E-state index contributed by atoms with van der Waals surface area (Å²) in [5.74, 6) is 0. The largest absolute Gasteiger partial charge is 0.394 e. The maximum Gasteiger partial charge on any atom is 0.159 e. The molecule has 0 rings (SSSR count). The summed E-state index contributed by atoms with van der Waals surface area (Å²) in [5, 5.41) is 8.28. The molecule has 1 N–H and O–H groups in total. The van der Waals surface area contributed by atoms with Gasteiger partial charge in [-0.3, -0.25) is 0 Å². The van der Waals surface area contributed by atoms with Crippen molar-refractivity contribution in [3.8, 4) is 0 Å². The molecule has 0 heterocycles. The van der Waals surface area contributed by atoms with E-state index < -0.39 is 12.0 Å². The molecule has 0 atom stereocenters. The lowest BCUT2D eigenvalue weighted by molar-refractivity contribution is -0.135. The molecule has 0 aromatic rings. The Bertz CT molecular complexity index is 107. The van der Waals surface area contributed by atoms with Gasteiger partial charge in [-0.2, -0.15) is 0 Å². The number of aliphatic hydroxyl groups excluding tert-OH is 1. The van der Waals surface area contributed by atoms with Crippen molar-refractivity contribution in [2.75, 3.05) is 6.61 Å². The smallest absolute Gasteiger partial charge is 0.159 e. The maximum atomic E-state index is 9.90. The van der Waals surface area contributed by atoms with E-state index in [9.17, 15) is 14.4 Å². The molecule has 0 saturated heterocycles. The molecule has 0 bridgehead atoms. The highest BCUT2D eigenvalue weighted by Crippen LogP contribution is 2.02. The van der Waals surface area contributed by atoms with Crippen LogP contribution in [0.4, 0.5) is 0 Å². The first-order valence-corrected chi connectivity index (χ1v) is 2.24. The van der Waals surface area contributed by atoms with Gasteiger partial charge in [-0.15, -0.1) is 0 Å². The molecule has 0 saturated carbocycles. The number of rotatable bonds is 4. The molecular formula is C5H6O4. The van der Waals surface area contributed by atoms with Crippen LogP contribution in [0.15, 0.2) is 0 Å². The van der Waals surface area contributed by atoms with Gasteiger partial charge in [-0.05, 0) is 0 Å². The third-order valence-electron chi connectivity index (χ3n) is 0.932. The molecule has 0 unspecified atom stereocenters. The van der Waals surface area contributed by atoms with Gasteiger partial charge in [-0.1, -0.05) is 0 Å². The molecule has 0 aromatic heterocycles. The number of carbonyl (C=O) groups excluding carboxylic acids is 3. The van der Waals surface area contributed by atoms with Crippen LogP contribution < -0.4 is 0 Å². The van der Waals surface area contributed by atoms with E-state index in [1.807, 2.05) is 0 Å². The SMILES string of the molecule is O=CC(C=O)(C=O)CO. The summed E-state index contributed by atoms with van der Waals surface area (Å²) >= 11 is 0. The lowest BCUT2D eigenvalue weighted by atomic mass is 9.96. The zero-order valence-electron chi connectivity index (χ0n) is 4.61. The van der Waals surface area contributed by atoms with Crippen molar-refractivity contribution in [1.29, 1.82) is 0 Å². The summed E-state index contributed by atoms with van der Waals surface area (Å²) in [5.41, 5.74) is -1.82. The zero-order valence-corrected chi connectivity index (χ0v) is 4.61. The monoisotopic (exact) mass is 130 g/mol. The minimum Gasteiger partial charge on any atom is -0.394 e. The van der Waals surface area contributed by atoms with Crippen molar-refractivity contribution in [2.45, 2.75) is 0 Å². The standard InChI is InChI=1S/C5H6O4/c6-1-5(2-7,3-8)4-9/h1-3,9H,4H2. The number of hydrogen-bond donors (Lipinski definition) is 1. The third kappa shape index (κ3) is 1.43. The Hall–Kier alpha value is -1.03. The van der Waals surface area contributed by atoms with Gasteiger partial charge in [0.15, 0.2) is 5.41 Å². The summed E-state index contributed by atoms with van der Waals surface area (Å²) in [6, 6.07) is 0. The highest BCUT2D eigenvalue weighted by atomic mass is 16.3. The Morgan fingerprint density at radius 1 is 1.11 bits per heavy atom. The minimum absolute atomic E-state index is 0.118. The summed E-state index contributed by atoms with van der Waals surface area (Å²) in [7, 11) is 0. The van der Waals surface area contributed by atoms with Gasteiger partial charge in [0.25, 0.3) is 0 Å². The number of hydrogen-bond acceptors (Lipinski definition) is 4. The maximum absolute atomic E-state index is 9.90. The van der Waals surface area contributed by atoms with Crippen molar-refractivity contribution in [1.82, 2.24) is 0 Å². The normalized spacial score (nSPS) is 10.3. The Morgan fingerprint density at radius 3 is 1.44 bits per heavy atom. The molecular weight excluding hydrogens is 124 g/mol. The summed E-state index contributed by atoms with van der Waals surface area (Å²) < 4.78 is 0. The van der Waals surface area contributed by atoms with E-state index >= 15 is 0 Å². The first kappa shape index (κ1) is 7.97. The van der Waals surface area contributed by atoms with Crippen LogP contribution in [0.25, 0.3) is 0 Å². The van der Waals surface area contributed by atoms with Crippen LogP contribution in [0.1, 0.15) is 0 Å². The van der Waals surface area contributed by atoms with Gasteiger partial charge in [0.1, 0.15) is 18.9 Å². The van der Waals surface area contributed by atoms with Crippen molar-refractivity contribution in [3.05, 3.63) is 0 Å². The van der Waals surface area contributed by atoms with E-state index in [1.165, 1.54) is 0 Å². The zero-order chi connectivity index (χ0) is 7.33. The van der Waals surface area contributed by atoms with Gasteiger partial charge in [-0.25, -0.2) is 0 Å². The fraction of sp³-hybridized carbons (Fsp3) is 0.400. The van der Waals surface area contributed by atoms with E-state index in [1.54, 1.807) is 0 Å². The fourth-order valence-electron chi connectivity index (χ4n) is 0.195. The van der Waals surface area contributed by atoms with Crippen LogP contribution in [0.5, 0.6) is 0 Å². The second-order valence-corrected chi connectivity index (χ2v) is 1.62. The summed E-state index contributed by atoms with van der Waals surface area (Å²) in [6.07, 6.45) is 0.354. The highest BCUT2D eigenvalue weighted by Gasteiger charge is 2.27.